The molecule has 0 radical (unpaired) electrons. The predicted molar refractivity (Wildman–Crippen MR) is 97.7 cm³/mol. The van der Waals surface area contributed by atoms with Crippen molar-refractivity contribution in [2.45, 2.75) is 19.3 Å². The molecule has 0 aromatic heterocycles. The van der Waals surface area contributed by atoms with Crippen molar-refractivity contribution < 1.29 is 9.90 Å². The van der Waals surface area contributed by atoms with Crippen LogP contribution in [0.25, 0.3) is 6.08 Å². The molecule has 1 atom stereocenters. The van der Waals surface area contributed by atoms with Crippen LogP contribution >= 0.6 is 23.2 Å². The van der Waals surface area contributed by atoms with Crippen LogP contribution in [-0.2, 0) is 0 Å². The minimum Gasteiger partial charge on any atom is -0.465 e. The quantitative estimate of drug-likeness (QED) is 0.742. The summed E-state index contributed by atoms with van der Waals surface area (Å²) in [7, 11) is 0. The molecule has 1 N–H and O–H groups in total. The molecule has 3 rings (SSSR count). The van der Waals surface area contributed by atoms with Crippen LogP contribution in [-0.4, -0.2) is 22.6 Å². The summed E-state index contributed by atoms with van der Waals surface area (Å²) in [6.45, 7) is 2.25. The summed E-state index contributed by atoms with van der Waals surface area (Å²) in [5, 5.41) is 10.5. The van der Waals surface area contributed by atoms with E-state index in [4.69, 9.17) is 23.2 Å². The van der Waals surface area contributed by atoms with Crippen molar-refractivity contribution in [3.05, 3.63) is 74.9 Å². The van der Waals surface area contributed by atoms with Crippen LogP contribution < -0.4 is 0 Å². The van der Waals surface area contributed by atoms with Gasteiger partial charge < -0.3 is 5.11 Å². The number of nitrogens with zero attached hydrogens (tertiary/aromatic N) is 1. The molecule has 0 heterocycles. The lowest BCUT2D eigenvalue weighted by Crippen LogP contribution is -2.30. The highest BCUT2D eigenvalue weighted by Crippen LogP contribution is 2.40. The van der Waals surface area contributed by atoms with Crippen LogP contribution in [0, 0.1) is 0 Å². The molecule has 0 saturated carbocycles. The van der Waals surface area contributed by atoms with Gasteiger partial charge in [0.25, 0.3) is 0 Å². The highest BCUT2D eigenvalue weighted by atomic mass is 35.5. The van der Waals surface area contributed by atoms with Crippen LogP contribution in [0.2, 0.25) is 10.0 Å². The first-order valence-corrected chi connectivity index (χ1v) is 8.51. The number of hydrogen-bond donors (Lipinski definition) is 1. The SMILES string of the molecule is CCN(C(=O)O)C1=Cc2ccccc2[C@H](c2ccc(Cl)c(Cl)c2)C1. The van der Waals surface area contributed by atoms with Crippen molar-refractivity contribution in [1.82, 2.24) is 4.90 Å². The average Bonchev–Trinajstić information content (AvgIpc) is 2.57. The molecule has 1 aliphatic rings. The number of rotatable bonds is 3. The minimum atomic E-state index is -0.934. The summed E-state index contributed by atoms with van der Waals surface area (Å²) in [5.41, 5.74) is 4.03. The fourth-order valence-corrected chi connectivity index (χ4v) is 3.50. The number of benzene rings is 2. The van der Waals surface area contributed by atoms with Crippen LogP contribution in [0.5, 0.6) is 0 Å². The second-order valence-electron chi connectivity index (χ2n) is 5.72. The van der Waals surface area contributed by atoms with E-state index in [0.717, 1.165) is 16.8 Å². The second kappa shape index (κ2) is 6.88. The summed E-state index contributed by atoms with van der Waals surface area (Å²) in [6, 6.07) is 13.6. The summed E-state index contributed by atoms with van der Waals surface area (Å²) in [4.78, 5) is 12.9. The number of carbonyl (C=O) groups is 1. The molecular formula is C19H17Cl2NO2. The van der Waals surface area contributed by atoms with Crippen molar-refractivity contribution in [3.63, 3.8) is 0 Å². The largest absolute Gasteiger partial charge is 0.465 e. The highest BCUT2D eigenvalue weighted by molar-refractivity contribution is 6.42. The van der Waals surface area contributed by atoms with Crippen LogP contribution in [0.4, 0.5) is 4.79 Å². The Kier molecular flexibility index (Phi) is 4.83. The predicted octanol–water partition coefficient (Wildman–Crippen LogP) is 5.87. The Hall–Kier alpha value is -1.97. The molecule has 0 unspecified atom stereocenters. The van der Waals surface area contributed by atoms with Crippen molar-refractivity contribution in [1.29, 1.82) is 0 Å². The van der Waals surface area contributed by atoms with E-state index < -0.39 is 6.09 Å². The van der Waals surface area contributed by atoms with Crippen molar-refractivity contribution in [2.75, 3.05) is 6.54 Å². The molecular weight excluding hydrogens is 345 g/mol. The Labute approximate surface area is 151 Å². The number of fused-ring (bicyclic) bond motifs is 1. The standard InChI is InChI=1S/C19H17Cl2NO2/c1-2-22(19(23)24)14-9-12-5-3-4-6-15(12)16(11-14)13-7-8-17(20)18(21)10-13/h3-10,16H,2,11H2,1H3,(H,23,24)/t16-/m0/s1. The number of allylic oxidation sites excluding steroid dienone is 1. The van der Waals surface area contributed by atoms with E-state index >= 15 is 0 Å². The molecule has 0 bridgehead atoms. The Morgan fingerprint density at radius 3 is 2.62 bits per heavy atom. The van der Waals surface area contributed by atoms with Crippen LogP contribution in [0.3, 0.4) is 0 Å². The third kappa shape index (κ3) is 3.14. The third-order valence-electron chi connectivity index (χ3n) is 4.35. The number of halogens is 2. The molecule has 2 aromatic rings. The zero-order valence-corrected chi connectivity index (χ0v) is 14.7. The molecule has 0 saturated heterocycles. The van der Waals surface area contributed by atoms with Gasteiger partial charge in [-0.15, -0.1) is 0 Å². The van der Waals surface area contributed by atoms with Crippen molar-refractivity contribution in [3.8, 4) is 0 Å². The van der Waals surface area contributed by atoms with Gasteiger partial charge in [0.1, 0.15) is 0 Å². The topological polar surface area (TPSA) is 40.5 Å². The zero-order valence-electron chi connectivity index (χ0n) is 13.2. The summed E-state index contributed by atoms with van der Waals surface area (Å²) >= 11 is 12.2. The molecule has 0 fully saturated rings. The molecule has 1 aliphatic carbocycles. The van der Waals surface area contributed by atoms with Gasteiger partial charge >= 0.3 is 6.09 Å². The molecule has 3 nitrogen and oxygen atoms in total. The van der Waals surface area contributed by atoms with Gasteiger partial charge in [0, 0.05) is 18.2 Å². The first-order valence-electron chi connectivity index (χ1n) is 7.76. The minimum absolute atomic E-state index is 0.0457. The monoisotopic (exact) mass is 361 g/mol. The Bertz CT molecular complexity index is 817. The normalized spacial score (nSPS) is 16.3. The van der Waals surface area contributed by atoms with Gasteiger partial charge in [0.05, 0.1) is 10.0 Å². The van der Waals surface area contributed by atoms with E-state index in [1.54, 1.807) is 6.07 Å². The Balaban J connectivity index is 2.09. The fourth-order valence-electron chi connectivity index (χ4n) is 3.19. The second-order valence-corrected chi connectivity index (χ2v) is 6.54. The smallest absolute Gasteiger partial charge is 0.411 e. The van der Waals surface area contributed by atoms with Gasteiger partial charge in [-0.05, 0) is 48.2 Å². The Morgan fingerprint density at radius 2 is 1.96 bits per heavy atom. The van der Waals surface area contributed by atoms with Crippen LogP contribution in [0.15, 0.2) is 48.2 Å². The van der Waals surface area contributed by atoms with Crippen LogP contribution in [0.1, 0.15) is 36.0 Å². The van der Waals surface area contributed by atoms with Gasteiger partial charge in [0.2, 0.25) is 0 Å². The first kappa shape index (κ1) is 16.9. The van der Waals surface area contributed by atoms with E-state index in [-0.39, 0.29) is 5.92 Å². The van der Waals surface area contributed by atoms with Gasteiger partial charge in [-0.1, -0.05) is 53.5 Å². The lowest BCUT2D eigenvalue weighted by Gasteiger charge is -2.30. The molecule has 5 heteroatoms. The molecule has 124 valence electrons. The van der Waals surface area contributed by atoms with Gasteiger partial charge in [-0.3, -0.25) is 4.90 Å². The lowest BCUT2D eigenvalue weighted by molar-refractivity contribution is 0.159. The molecule has 0 spiro atoms. The van der Waals surface area contributed by atoms with E-state index in [1.165, 1.54) is 10.5 Å². The molecule has 2 aromatic carbocycles. The van der Waals surface area contributed by atoms with E-state index in [0.29, 0.717) is 23.0 Å². The first-order chi connectivity index (χ1) is 11.5. The number of amides is 1. The summed E-state index contributed by atoms with van der Waals surface area (Å²) < 4.78 is 0. The van der Waals surface area contributed by atoms with E-state index in [9.17, 15) is 9.90 Å². The van der Waals surface area contributed by atoms with E-state index in [2.05, 4.69) is 6.07 Å². The summed E-state index contributed by atoms with van der Waals surface area (Å²) in [6.07, 6.45) is 1.63. The fraction of sp³-hybridized carbons (Fsp3) is 0.211. The number of hydrogen-bond acceptors (Lipinski definition) is 1. The van der Waals surface area contributed by atoms with Crippen molar-refractivity contribution >= 4 is 35.4 Å². The Morgan fingerprint density at radius 1 is 1.21 bits per heavy atom. The highest BCUT2D eigenvalue weighted by Gasteiger charge is 2.27. The molecule has 24 heavy (non-hydrogen) atoms. The van der Waals surface area contributed by atoms with E-state index in [1.807, 2.05) is 43.3 Å². The average molecular weight is 362 g/mol. The maximum Gasteiger partial charge on any atom is 0.411 e. The zero-order chi connectivity index (χ0) is 17.3. The maximum atomic E-state index is 11.5. The van der Waals surface area contributed by atoms with Crippen molar-refractivity contribution in [2.24, 2.45) is 0 Å². The summed E-state index contributed by atoms with van der Waals surface area (Å²) in [5.74, 6) is 0.0457. The molecule has 0 aliphatic heterocycles. The third-order valence-corrected chi connectivity index (χ3v) is 5.09. The molecule has 1 amide bonds. The van der Waals surface area contributed by atoms with Gasteiger partial charge in [-0.2, -0.15) is 0 Å². The van der Waals surface area contributed by atoms with Gasteiger partial charge in [-0.25, -0.2) is 4.79 Å². The van der Waals surface area contributed by atoms with Gasteiger partial charge in [0.15, 0.2) is 0 Å². The maximum absolute atomic E-state index is 11.5. The lowest BCUT2D eigenvalue weighted by atomic mass is 9.80. The number of carboxylic acid groups (broad SMARTS) is 1.